The lowest BCUT2D eigenvalue weighted by Gasteiger charge is -2.38. The van der Waals surface area contributed by atoms with Crippen LogP contribution in [0.5, 0.6) is 0 Å². The number of aryl methyl sites for hydroxylation is 1. The zero-order valence-electron chi connectivity index (χ0n) is 12.0. The van der Waals surface area contributed by atoms with Crippen LogP contribution in [-0.4, -0.2) is 16.8 Å². The Morgan fingerprint density at radius 3 is 2.67 bits per heavy atom. The molecule has 2 aromatic rings. The summed E-state index contributed by atoms with van der Waals surface area (Å²) in [5, 5.41) is 3.55. The topological polar surface area (TPSA) is 32.3 Å². The van der Waals surface area contributed by atoms with Gasteiger partial charge in [0.1, 0.15) is 6.17 Å². The zero-order valence-corrected chi connectivity index (χ0v) is 12.0. The molecule has 21 heavy (non-hydrogen) atoms. The molecule has 2 aromatic carbocycles. The van der Waals surface area contributed by atoms with Crippen LogP contribution >= 0.6 is 0 Å². The number of hydrogen-bond acceptors (Lipinski definition) is 2. The van der Waals surface area contributed by atoms with Crippen molar-refractivity contribution in [1.29, 1.82) is 0 Å². The van der Waals surface area contributed by atoms with Gasteiger partial charge < -0.3 is 10.2 Å². The van der Waals surface area contributed by atoms with Crippen molar-refractivity contribution in [2.24, 2.45) is 0 Å². The van der Waals surface area contributed by atoms with Crippen LogP contribution in [0.4, 0.5) is 5.69 Å². The number of fused-ring (bicyclic) bond motifs is 1. The second-order valence-corrected chi connectivity index (χ2v) is 5.95. The summed E-state index contributed by atoms with van der Waals surface area (Å²) in [5.74, 6) is 0.151. The van der Waals surface area contributed by atoms with Crippen LogP contribution in [0.3, 0.4) is 0 Å². The van der Waals surface area contributed by atoms with Gasteiger partial charge in [0.25, 0.3) is 5.91 Å². The molecule has 0 unspecified atom stereocenters. The van der Waals surface area contributed by atoms with Crippen molar-refractivity contribution in [1.82, 2.24) is 4.90 Å². The highest BCUT2D eigenvalue weighted by Crippen LogP contribution is 2.40. The van der Waals surface area contributed by atoms with Crippen LogP contribution < -0.4 is 5.32 Å². The van der Waals surface area contributed by atoms with E-state index in [1.807, 2.05) is 29.2 Å². The van der Waals surface area contributed by atoms with Crippen molar-refractivity contribution in [2.45, 2.75) is 32.0 Å². The van der Waals surface area contributed by atoms with Gasteiger partial charge in [0, 0.05) is 11.7 Å². The first kappa shape index (κ1) is 12.5. The summed E-state index contributed by atoms with van der Waals surface area (Å²) in [7, 11) is 0. The fourth-order valence-corrected chi connectivity index (χ4v) is 3.08. The first-order chi connectivity index (χ1) is 10.2. The first-order valence-corrected chi connectivity index (χ1v) is 7.49. The second-order valence-electron chi connectivity index (χ2n) is 5.95. The van der Waals surface area contributed by atoms with Gasteiger partial charge in [-0.05, 0) is 37.5 Å². The summed E-state index contributed by atoms with van der Waals surface area (Å²) in [5.41, 5.74) is 4.10. The van der Waals surface area contributed by atoms with Gasteiger partial charge in [0.05, 0.1) is 5.56 Å². The molecule has 0 bridgehead atoms. The van der Waals surface area contributed by atoms with Crippen LogP contribution in [0, 0.1) is 6.92 Å². The number of nitrogens with one attached hydrogen (secondary N) is 1. The molecule has 0 aromatic heterocycles. The van der Waals surface area contributed by atoms with E-state index in [1.54, 1.807) is 0 Å². The number of para-hydroxylation sites is 1. The van der Waals surface area contributed by atoms with Crippen molar-refractivity contribution in [3.63, 3.8) is 0 Å². The number of hydrogen-bond donors (Lipinski definition) is 1. The quantitative estimate of drug-likeness (QED) is 0.908. The van der Waals surface area contributed by atoms with Gasteiger partial charge in [-0.15, -0.1) is 0 Å². The molecule has 3 nitrogen and oxygen atoms in total. The van der Waals surface area contributed by atoms with E-state index in [-0.39, 0.29) is 12.1 Å². The predicted octanol–water partition coefficient (Wildman–Crippen LogP) is 3.72. The average Bonchev–Trinajstić information content (AvgIpc) is 3.32. The maximum Gasteiger partial charge on any atom is 0.258 e. The van der Waals surface area contributed by atoms with Crippen LogP contribution in [0.15, 0.2) is 48.5 Å². The number of anilines is 1. The third kappa shape index (κ3) is 2.09. The third-order valence-corrected chi connectivity index (χ3v) is 4.26. The minimum absolute atomic E-state index is 0.0557. The molecule has 1 fully saturated rings. The molecule has 0 spiro atoms. The molecular weight excluding hydrogens is 260 g/mol. The Labute approximate surface area is 124 Å². The fraction of sp³-hybridized carbons (Fsp3) is 0.278. The van der Waals surface area contributed by atoms with E-state index in [9.17, 15) is 4.79 Å². The Bertz CT molecular complexity index is 706. The first-order valence-electron chi connectivity index (χ1n) is 7.49. The van der Waals surface area contributed by atoms with Crippen LogP contribution in [0.2, 0.25) is 0 Å². The molecule has 0 radical (unpaired) electrons. The fourth-order valence-electron chi connectivity index (χ4n) is 3.08. The lowest BCUT2D eigenvalue weighted by atomic mass is 10.0. The summed E-state index contributed by atoms with van der Waals surface area (Å²) in [6.07, 6.45) is 2.16. The van der Waals surface area contributed by atoms with E-state index in [0.29, 0.717) is 6.04 Å². The number of benzene rings is 2. The summed E-state index contributed by atoms with van der Waals surface area (Å²) in [6, 6.07) is 16.6. The second kappa shape index (κ2) is 4.62. The van der Waals surface area contributed by atoms with Crippen molar-refractivity contribution in [2.75, 3.05) is 5.32 Å². The number of carbonyl (C=O) groups excluding carboxylic acids is 1. The predicted molar refractivity (Wildman–Crippen MR) is 83.2 cm³/mol. The summed E-state index contributed by atoms with van der Waals surface area (Å²) >= 11 is 0. The van der Waals surface area contributed by atoms with Crippen molar-refractivity contribution < 1.29 is 4.79 Å². The van der Waals surface area contributed by atoms with Gasteiger partial charge in [0.2, 0.25) is 0 Å². The Hall–Kier alpha value is -2.29. The molecule has 1 aliphatic heterocycles. The van der Waals surface area contributed by atoms with E-state index in [1.165, 1.54) is 5.56 Å². The van der Waals surface area contributed by atoms with Crippen LogP contribution in [0.1, 0.15) is 40.5 Å². The van der Waals surface area contributed by atoms with E-state index in [0.717, 1.165) is 29.7 Å². The number of nitrogens with zero attached hydrogens (tertiary/aromatic N) is 1. The molecule has 0 saturated heterocycles. The van der Waals surface area contributed by atoms with Gasteiger partial charge in [-0.1, -0.05) is 42.0 Å². The van der Waals surface area contributed by atoms with E-state index >= 15 is 0 Å². The molecule has 1 amide bonds. The number of amides is 1. The zero-order chi connectivity index (χ0) is 14.4. The van der Waals surface area contributed by atoms with Crippen molar-refractivity contribution in [3.8, 4) is 0 Å². The minimum Gasteiger partial charge on any atom is -0.361 e. The van der Waals surface area contributed by atoms with Gasteiger partial charge in [0.15, 0.2) is 0 Å². The lowest BCUT2D eigenvalue weighted by Crippen LogP contribution is -2.44. The molecule has 3 heteroatoms. The molecule has 4 rings (SSSR count). The normalized spacial score (nSPS) is 20.9. The molecular formula is C18H18N2O. The molecule has 1 aliphatic carbocycles. The van der Waals surface area contributed by atoms with E-state index in [4.69, 9.17) is 0 Å². The van der Waals surface area contributed by atoms with Crippen LogP contribution in [0.25, 0.3) is 0 Å². The maximum atomic E-state index is 12.9. The molecule has 1 N–H and O–H groups in total. The minimum atomic E-state index is -0.0557. The Kier molecular flexibility index (Phi) is 2.74. The third-order valence-electron chi connectivity index (χ3n) is 4.26. The monoisotopic (exact) mass is 278 g/mol. The van der Waals surface area contributed by atoms with Gasteiger partial charge in [-0.2, -0.15) is 0 Å². The summed E-state index contributed by atoms with van der Waals surface area (Å²) in [6.45, 7) is 2.09. The Morgan fingerprint density at radius 2 is 1.90 bits per heavy atom. The highest BCUT2D eigenvalue weighted by atomic mass is 16.2. The maximum absolute atomic E-state index is 12.9. The van der Waals surface area contributed by atoms with Gasteiger partial charge in [-0.3, -0.25) is 4.79 Å². The molecule has 1 heterocycles. The summed E-state index contributed by atoms with van der Waals surface area (Å²) < 4.78 is 0. The Balaban J connectivity index is 1.80. The van der Waals surface area contributed by atoms with Gasteiger partial charge in [-0.25, -0.2) is 0 Å². The largest absolute Gasteiger partial charge is 0.361 e. The molecule has 1 atom stereocenters. The van der Waals surface area contributed by atoms with E-state index in [2.05, 4.69) is 36.5 Å². The number of carbonyl (C=O) groups is 1. The highest BCUT2D eigenvalue weighted by Gasteiger charge is 2.41. The Morgan fingerprint density at radius 1 is 1.10 bits per heavy atom. The standard InChI is InChI=1S/C18H18N2O/c1-12-5-4-6-13(11-12)17-19-16-8-3-2-7-15(16)18(21)20(17)14-9-10-14/h2-8,11,14,17,19H,9-10H2,1H3/t17-/m0/s1. The van der Waals surface area contributed by atoms with Crippen molar-refractivity contribution >= 4 is 11.6 Å². The summed E-state index contributed by atoms with van der Waals surface area (Å²) in [4.78, 5) is 14.9. The highest BCUT2D eigenvalue weighted by molar-refractivity contribution is 6.02. The lowest BCUT2D eigenvalue weighted by molar-refractivity contribution is 0.0666. The smallest absolute Gasteiger partial charge is 0.258 e. The van der Waals surface area contributed by atoms with Gasteiger partial charge >= 0.3 is 0 Å². The number of rotatable bonds is 2. The van der Waals surface area contributed by atoms with E-state index < -0.39 is 0 Å². The average molecular weight is 278 g/mol. The molecule has 2 aliphatic rings. The molecule has 1 saturated carbocycles. The molecule has 106 valence electrons. The van der Waals surface area contributed by atoms with Crippen LogP contribution in [-0.2, 0) is 0 Å². The van der Waals surface area contributed by atoms with Crippen molar-refractivity contribution in [3.05, 3.63) is 65.2 Å². The SMILES string of the molecule is Cc1cccc([C@H]2Nc3ccccc3C(=O)N2C2CC2)c1.